The summed E-state index contributed by atoms with van der Waals surface area (Å²) in [6, 6.07) is 2.12. The number of ether oxygens (including phenoxy) is 1. The minimum atomic E-state index is -0.184. The molecule has 4 nitrogen and oxygen atoms in total. The van der Waals surface area contributed by atoms with Crippen molar-refractivity contribution in [2.75, 3.05) is 7.11 Å². The lowest BCUT2D eigenvalue weighted by Crippen LogP contribution is -2.03. The summed E-state index contributed by atoms with van der Waals surface area (Å²) >= 11 is 0. The second kappa shape index (κ2) is 7.58. The second-order valence-corrected chi connectivity index (χ2v) is 5.46. The first kappa shape index (κ1) is 18.4. The van der Waals surface area contributed by atoms with Gasteiger partial charge in [-0.25, -0.2) is 0 Å². The Bertz CT molecular complexity index is 666. The molecule has 0 amide bonds. The number of esters is 1. The first-order chi connectivity index (χ1) is 9.92. The standard InChI is InChI=1S/C17H22N2O2.BrH/c1-10-8-11(2)18-15(10)9-16-12(3)14(13(4)19-16)6-7-17(20)21-5;/h8-9,18H,6-7H2,1-5H3;1H/b16-9-;. The third kappa shape index (κ3) is 3.97. The molecule has 22 heavy (non-hydrogen) atoms. The average molecular weight is 367 g/mol. The number of hydrogen-bond acceptors (Lipinski definition) is 3. The van der Waals surface area contributed by atoms with Crippen LogP contribution >= 0.6 is 17.0 Å². The summed E-state index contributed by atoms with van der Waals surface area (Å²) in [4.78, 5) is 19.3. The first-order valence-electron chi connectivity index (χ1n) is 7.13. The highest BCUT2D eigenvalue weighted by Crippen LogP contribution is 2.30. The zero-order valence-corrected chi connectivity index (χ0v) is 15.5. The molecule has 0 atom stereocenters. The summed E-state index contributed by atoms with van der Waals surface area (Å²) < 4.78 is 4.70. The van der Waals surface area contributed by atoms with Crippen molar-refractivity contribution in [3.63, 3.8) is 0 Å². The Labute approximate surface area is 142 Å². The summed E-state index contributed by atoms with van der Waals surface area (Å²) in [6.45, 7) is 8.18. The monoisotopic (exact) mass is 366 g/mol. The fourth-order valence-electron chi connectivity index (χ4n) is 2.63. The van der Waals surface area contributed by atoms with Gasteiger partial charge >= 0.3 is 5.97 Å². The lowest BCUT2D eigenvalue weighted by atomic mass is 10.0. The van der Waals surface area contributed by atoms with E-state index in [2.05, 4.69) is 36.0 Å². The number of H-pyrrole nitrogens is 1. The number of carbonyl (C=O) groups excluding carboxylic acids is 1. The van der Waals surface area contributed by atoms with Crippen LogP contribution in [0.5, 0.6) is 0 Å². The van der Waals surface area contributed by atoms with Crippen LogP contribution in [0.2, 0.25) is 0 Å². The van der Waals surface area contributed by atoms with Crippen LogP contribution in [0, 0.1) is 13.8 Å². The fourth-order valence-corrected chi connectivity index (χ4v) is 2.63. The third-order valence-electron chi connectivity index (χ3n) is 3.84. The predicted octanol–water partition coefficient (Wildman–Crippen LogP) is 4.29. The van der Waals surface area contributed by atoms with Gasteiger partial charge in [0.15, 0.2) is 0 Å². The number of methoxy groups -OCH3 is 1. The minimum Gasteiger partial charge on any atom is -0.469 e. The Morgan fingerprint density at radius 3 is 2.55 bits per heavy atom. The molecule has 0 saturated heterocycles. The number of allylic oxidation sites excluding steroid dienone is 2. The molecule has 0 fully saturated rings. The smallest absolute Gasteiger partial charge is 0.305 e. The lowest BCUT2D eigenvalue weighted by Gasteiger charge is -2.04. The lowest BCUT2D eigenvalue weighted by molar-refractivity contribution is -0.140. The first-order valence-corrected chi connectivity index (χ1v) is 7.13. The Morgan fingerprint density at radius 2 is 2.00 bits per heavy atom. The van der Waals surface area contributed by atoms with Crippen molar-refractivity contribution in [3.05, 3.63) is 39.9 Å². The predicted molar refractivity (Wildman–Crippen MR) is 95.6 cm³/mol. The summed E-state index contributed by atoms with van der Waals surface area (Å²) in [6.07, 6.45) is 3.14. The van der Waals surface area contributed by atoms with E-state index in [0.29, 0.717) is 12.8 Å². The zero-order chi connectivity index (χ0) is 15.6. The maximum absolute atomic E-state index is 11.3. The van der Waals surface area contributed by atoms with Crippen molar-refractivity contribution in [3.8, 4) is 0 Å². The van der Waals surface area contributed by atoms with Gasteiger partial charge < -0.3 is 9.72 Å². The number of hydrogen-bond donors (Lipinski definition) is 1. The Morgan fingerprint density at radius 1 is 1.32 bits per heavy atom. The average Bonchev–Trinajstić information content (AvgIpc) is 2.88. The number of carbonyl (C=O) groups is 1. The number of nitrogens with one attached hydrogen (secondary N) is 1. The quantitative estimate of drug-likeness (QED) is 0.807. The van der Waals surface area contributed by atoms with Crippen LogP contribution in [-0.2, 0) is 9.53 Å². The fraction of sp³-hybridized carbons (Fsp3) is 0.412. The molecule has 1 aliphatic heterocycles. The minimum absolute atomic E-state index is 0. The Balaban J connectivity index is 0.00000242. The van der Waals surface area contributed by atoms with Crippen LogP contribution in [0.15, 0.2) is 27.9 Å². The molecular weight excluding hydrogens is 344 g/mol. The molecule has 0 unspecified atom stereocenters. The van der Waals surface area contributed by atoms with Crippen molar-refractivity contribution in [1.29, 1.82) is 0 Å². The second-order valence-electron chi connectivity index (χ2n) is 5.46. The van der Waals surface area contributed by atoms with Gasteiger partial charge in [-0.2, -0.15) is 0 Å². The molecule has 2 rings (SSSR count). The molecule has 0 aliphatic carbocycles. The van der Waals surface area contributed by atoms with Crippen molar-refractivity contribution in [2.45, 2.75) is 40.5 Å². The number of aromatic amines is 1. The van der Waals surface area contributed by atoms with E-state index in [9.17, 15) is 4.79 Å². The molecule has 0 aromatic carbocycles. The van der Waals surface area contributed by atoms with Crippen LogP contribution in [0.4, 0.5) is 0 Å². The van der Waals surface area contributed by atoms with E-state index < -0.39 is 0 Å². The number of aliphatic imine (C=N–C) groups is 1. The van der Waals surface area contributed by atoms with E-state index in [1.54, 1.807) is 0 Å². The summed E-state index contributed by atoms with van der Waals surface area (Å²) in [5.74, 6) is -0.184. The molecule has 0 bridgehead atoms. The van der Waals surface area contributed by atoms with Gasteiger partial charge in [-0.15, -0.1) is 17.0 Å². The molecule has 0 radical (unpaired) electrons. The van der Waals surface area contributed by atoms with E-state index in [1.807, 2.05) is 13.8 Å². The Kier molecular flexibility index (Phi) is 6.35. The molecule has 1 N–H and O–H groups in total. The van der Waals surface area contributed by atoms with Gasteiger partial charge in [0, 0.05) is 23.5 Å². The molecule has 120 valence electrons. The number of aryl methyl sites for hydroxylation is 2. The molecule has 0 saturated carbocycles. The summed E-state index contributed by atoms with van der Waals surface area (Å²) in [5, 5.41) is 0. The van der Waals surface area contributed by atoms with Crippen molar-refractivity contribution in [1.82, 2.24) is 4.98 Å². The van der Waals surface area contributed by atoms with Gasteiger partial charge in [0.05, 0.1) is 12.8 Å². The number of nitrogens with zero attached hydrogens (tertiary/aromatic N) is 1. The van der Waals surface area contributed by atoms with E-state index in [1.165, 1.54) is 12.7 Å². The number of aromatic nitrogens is 1. The van der Waals surface area contributed by atoms with Gasteiger partial charge in [0.1, 0.15) is 0 Å². The molecule has 0 spiro atoms. The zero-order valence-electron chi connectivity index (χ0n) is 13.7. The molecule has 1 aromatic heterocycles. The SMILES string of the molecule is Br.COC(=O)CCC1=C(C)/C(=C/c2[nH]c(C)cc2C)N=C1C. The molecule has 1 aromatic rings. The summed E-state index contributed by atoms with van der Waals surface area (Å²) in [5.41, 5.74) is 7.69. The molecule has 1 aliphatic rings. The largest absolute Gasteiger partial charge is 0.469 e. The maximum Gasteiger partial charge on any atom is 0.305 e. The highest BCUT2D eigenvalue weighted by molar-refractivity contribution is 8.93. The summed E-state index contributed by atoms with van der Waals surface area (Å²) in [7, 11) is 1.42. The van der Waals surface area contributed by atoms with E-state index in [0.717, 1.165) is 33.9 Å². The maximum atomic E-state index is 11.3. The Hall–Kier alpha value is -1.62. The van der Waals surface area contributed by atoms with Gasteiger partial charge in [-0.3, -0.25) is 9.79 Å². The topological polar surface area (TPSA) is 54.5 Å². The highest BCUT2D eigenvalue weighted by Gasteiger charge is 2.19. The van der Waals surface area contributed by atoms with Crippen molar-refractivity contribution < 1.29 is 9.53 Å². The number of rotatable bonds is 4. The highest BCUT2D eigenvalue weighted by atomic mass is 79.9. The van der Waals surface area contributed by atoms with Gasteiger partial charge in [0.2, 0.25) is 0 Å². The molecule has 2 heterocycles. The van der Waals surface area contributed by atoms with Crippen LogP contribution < -0.4 is 0 Å². The van der Waals surface area contributed by atoms with Crippen LogP contribution in [0.1, 0.15) is 43.6 Å². The van der Waals surface area contributed by atoms with Crippen LogP contribution in [0.25, 0.3) is 6.08 Å². The normalized spacial score (nSPS) is 15.9. The van der Waals surface area contributed by atoms with E-state index in [-0.39, 0.29) is 23.0 Å². The number of halogens is 1. The van der Waals surface area contributed by atoms with E-state index >= 15 is 0 Å². The third-order valence-corrected chi connectivity index (χ3v) is 3.84. The van der Waals surface area contributed by atoms with Crippen molar-refractivity contribution >= 4 is 34.7 Å². The van der Waals surface area contributed by atoms with E-state index in [4.69, 9.17) is 4.74 Å². The van der Waals surface area contributed by atoms with Gasteiger partial charge in [0.25, 0.3) is 0 Å². The molecule has 5 heteroatoms. The van der Waals surface area contributed by atoms with Gasteiger partial charge in [-0.05, 0) is 63.0 Å². The van der Waals surface area contributed by atoms with Crippen LogP contribution in [-0.4, -0.2) is 23.8 Å². The molecular formula is C17H23BrN2O2. The van der Waals surface area contributed by atoms with Crippen molar-refractivity contribution in [2.24, 2.45) is 4.99 Å². The van der Waals surface area contributed by atoms with Gasteiger partial charge in [-0.1, -0.05) is 0 Å². The van der Waals surface area contributed by atoms with Crippen LogP contribution in [0.3, 0.4) is 0 Å².